The molecule has 0 amide bonds. The Morgan fingerprint density at radius 2 is 2.11 bits per heavy atom. The Kier molecular flexibility index (Phi) is 3.76. The van der Waals surface area contributed by atoms with Crippen LogP contribution in [0.4, 0.5) is 5.69 Å². The Hall–Kier alpha value is -1.06. The fourth-order valence-corrected chi connectivity index (χ4v) is 3.06. The standard InChI is InChI=1S/C15H14BrClN2/c16-12-3-1-11-8-13(4-2-10(11)7-12)19-14-5-6-15(17)18-9-14/h1,3,5-7,9,13,19H,2,4,8H2. The Morgan fingerprint density at radius 3 is 2.89 bits per heavy atom. The van der Waals surface area contributed by atoms with Gasteiger partial charge in [0.05, 0.1) is 11.9 Å². The smallest absolute Gasteiger partial charge is 0.129 e. The van der Waals surface area contributed by atoms with Crippen LogP contribution in [-0.4, -0.2) is 11.0 Å². The van der Waals surface area contributed by atoms with Crippen LogP contribution in [0.25, 0.3) is 0 Å². The van der Waals surface area contributed by atoms with E-state index in [1.54, 1.807) is 6.20 Å². The normalized spacial score (nSPS) is 17.9. The Balaban J connectivity index is 1.72. The molecule has 0 aliphatic heterocycles. The van der Waals surface area contributed by atoms with Crippen molar-refractivity contribution in [3.63, 3.8) is 0 Å². The molecule has 0 saturated heterocycles. The number of hydrogen-bond acceptors (Lipinski definition) is 2. The maximum Gasteiger partial charge on any atom is 0.129 e. The van der Waals surface area contributed by atoms with E-state index in [2.05, 4.69) is 44.4 Å². The molecule has 1 aromatic heterocycles. The lowest BCUT2D eigenvalue weighted by Crippen LogP contribution is -2.27. The van der Waals surface area contributed by atoms with Gasteiger partial charge in [-0.1, -0.05) is 33.6 Å². The summed E-state index contributed by atoms with van der Waals surface area (Å²) >= 11 is 9.32. The number of nitrogens with one attached hydrogen (secondary N) is 1. The minimum atomic E-state index is 0.469. The lowest BCUT2D eigenvalue weighted by atomic mass is 9.88. The Labute approximate surface area is 126 Å². The van der Waals surface area contributed by atoms with E-state index in [0.717, 1.165) is 24.9 Å². The summed E-state index contributed by atoms with van der Waals surface area (Å²) in [5, 5.41) is 4.06. The number of anilines is 1. The zero-order valence-corrected chi connectivity index (χ0v) is 12.7. The number of rotatable bonds is 2. The van der Waals surface area contributed by atoms with Crippen molar-refractivity contribution in [1.29, 1.82) is 0 Å². The van der Waals surface area contributed by atoms with E-state index in [1.165, 1.54) is 15.6 Å². The van der Waals surface area contributed by atoms with Gasteiger partial charge in [0.25, 0.3) is 0 Å². The Morgan fingerprint density at radius 1 is 1.21 bits per heavy atom. The zero-order valence-electron chi connectivity index (χ0n) is 10.4. The molecule has 1 N–H and O–H groups in total. The molecule has 1 unspecified atom stereocenters. The summed E-state index contributed by atoms with van der Waals surface area (Å²) in [7, 11) is 0. The quantitative estimate of drug-likeness (QED) is 0.818. The fourth-order valence-electron chi connectivity index (χ4n) is 2.54. The van der Waals surface area contributed by atoms with Gasteiger partial charge >= 0.3 is 0 Å². The molecule has 1 atom stereocenters. The summed E-state index contributed by atoms with van der Waals surface area (Å²) in [4.78, 5) is 4.10. The maximum absolute atomic E-state index is 5.79. The monoisotopic (exact) mass is 336 g/mol. The molecular formula is C15H14BrClN2. The minimum absolute atomic E-state index is 0.469. The highest BCUT2D eigenvalue weighted by Crippen LogP contribution is 2.26. The van der Waals surface area contributed by atoms with Crippen LogP contribution in [0.5, 0.6) is 0 Å². The summed E-state index contributed by atoms with van der Waals surface area (Å²) < 4.78 is 1.17. The predicted octanol–water partition coefficient (Wildman–Crippen LogP) is 4.47. The summed E-state index contributed by atoms with van der Waals surface area (Å²) in [6, 6.07) is 10.8. The molecule has 3 rings (SSSR count). The van der Waals surface area contributed by atoms with Crippen LogP contribution in [0.3, 0.4) is 0 Å². The molecule has 0 fully saturated rings. The molecule has 2 aromatic rings. The van der Waals surface area contributed by atoms with Crippen molar-refractivity contribution in [1.82, 2.24) is 4.98 Å². The van der Waals surface area contributed by atoms with Gasteiger partial charge in [-0.05, 0) is 54.7 Å². The third-order valence-electron chi connectivity index (χ3n) is 3.49. The molecule has 2 nitrogen and oxygen atoms in total. The van der Waals surface area contributed by atoms with Gasteiger partial charge in [0.1, 0.15) is 5.15 Å². The van der Waals surface area contributed by atoms with Crippen molar-refractivity contribution < 1.29 is 0 Å². The summed E-state index contributed by atoms with van der Waals surface area (Å²) in [5.41, 5.74) is 3.94. The topological polar surface area (TPSA) is 24.9 Å². The number of nitrogens with zero attached hydrogens (tertiary/aromatic N) is 1. The third-order valence-corrected chi connectivity index (χ3v) is 4.21. The van der Waals surface area contributed by atoms with Gasteiger partial charge in [-0.3, -0.25) is 0 Å². The van der Waals surface area contributed by atoms with E-state index in [0.29, 0.717) is 11.2 Å². The summed E-state index contributed by atoms with van der Waals surface area (Å²) in [6.07, 6.45) is 5.12. The van der Waals surface area contributed by atoms with Crippen LogP contribution in [0, 0.1) is 0 Å². The van der Waals surface area contributed by atoms with Gasteiger partial charge < -0.3 is 5.32 Å². The van der Waals surface area contributed by atoms with E-state index < -0.39 is 0 Å². The van der Waals surface area contributed by atoms with Crippen molar-refractivity contribution in [3.05, 3.63) is 57.3 Å². The van der Waals surface area contributed by atoms with Gasteiger partial charge in [-0.2, -0.15) is 0 Å². The predicted molar refractivity (Wildman–Crippen MR) is 82.8 cm³/mol. The van der Waals surface area contributed by atoms with Gasteiger partial charge in [-0.15, -0.1) is 0 Å². The zero-order chi connectivity index (χ0) is 13.2. The van der Waals surface area contributed by atoms with E-state index in [4.69, 9.17) is 11.6 Å². The van der Waals surface area contributed by atoms with E-state index in [-0.39, 0.29) is 0 Å². The fraction of sp³-hybridized carbons (Fsp3) is 0.267. The second-order valence-corrected chi connectivity index (χ2v) is 6.17. The molecule has 19 heavy (non-hydrogen) atoms. The van der Waals surface area contributed by atoms with E-state index in [9.17, 15) is 0 Å². The highest BCUT2D eigenvalue weighted by molar-refractivity contribution is 9.10. The third kappa shape index (κ3) is 3.10. The first-order valence-electron chi connectivity index (χ1n) is 6.36. The highest BCUT2D eigenvalue weighted by Gasteiger charge is 2.18. The van der Waals surface area contributed by atoms with Crippen molar-refractivity contribution in [2.24, 2.45) is 0 Å². The molecular weight excluding hydrogens is 324 g/mol. The average molecular weight is 338 g/mol. The van der Waals surface area contributed by atoms with Crippen molar-refractivity contribution in [3.8, 4) is 0 Å². The van der Waals surface area contributed by atoms with Crippen LogP contribution >= 0.6 is 27.5 Å². The van der Waals surface area contributed by atoms with Gasteiger partial charge in [0.15, 0.2) is 0 Å². The van der Waals surface area contributed by atoms with Crippen LogP contribution < -0.4 is 5.32 Å². The number of aryl methyl sites for hydroxylation is 1. The number of aromatic nitrogens is 1. The Bertz CT molecular complexity index is 583. The van der Waals surface area contributed by atoms with Gasteiger partial charge in [-0.25, -0.2) is 4.98 Å². The van der Waals surface area contributed by atoms with E-state index in [1.807, 2.05) is 12.1 Å². The number of pyridine rings is 1. The van der Waals surface area contributed by atoms with Crippen LogP contribution in [0.2, 0.25) is 5.15 Å². The number of hydrogen-bond donors (Lipinski definition) is 1. The van der Waals surface area contributed by atoms with Crippen molar-refractivity contribution in [2.75, 3.05) is 5.32 Å². The van der Waals surface area contributed by atoms with Crippen molar-refractivity contribution >= 4 is 33.2 Å². The largest absolute Gasteiger partial charge is 0.381 e. The summed E-state index contributed by atoms with van der Waals surface area (Å²) in [5.74, 6) is 0. The molecule has 4 heteroatoms. The van der Waals surface area contributed by atoms with Crippen LogP contribution in [-0.2, 0) is 12.8 Å². The van der Waals surface area contributed by atoms with Crippen molar-refractivity contribution in [2.45, 2.75) is 25.3 Å². The second-order valence-electron chi connectivity index (χ2n) is 4.87. The molecule has 1 aliphatic rings. The lowest BCUT2D eigenvalue weighted by Gasteiger charge is -2.26. The van der Waals surface area contributed by atoms with Crippen LogP contribution in [0.1, 0.15) is 17.5 Å². The molecule has 1 aromatic carbocycles. The molecule has 1 heterocycles. The summed E-state index contributed by atoms with van der Waals surface area (Å²) in [6.45, 7) is 0. The first-order valence-corrected chi connectivity index (χ1v) is 7.53. The lowest BCUT2D eigenvalue weighted by molar-refractivity contribution is 0.610. The number of benzene rings is 1. The number of fused-ring (bicyclic) bond motifs is 1. The SMILES string of the molecule is Clc1ccc(NC2CCc3cc(Br)ccc3C2)cn1. The number of halogens is 2. The molecule has 98 valence electrons. The molecule has 1 aliphatic carbocycles. The second kappa shape index (κ2) is 5.51. The van der Waals surface area contributed by atoms with E-state index >= 15 is 0 Å². The van der Waals surface area contributed by atoms with Gasteiger partial charge in [0.2, 0.25) is 0 Å². The first kappa shape index (κ1) is 12.9. The van der Waals surface area contributed by atoms with Gasteiger partial charge in [0, 0.05) is 10.5 Å². The van der Waals surface area contributed by atoms with Crippen LogP contribution in [0.15, 0.2) is 41.0 Å². The first-order chi connectivity index (χ1) is 9.20. The molecule has 0 spiro atoms. The molecule has 0 bridgehead atoms. The molecule has 0 saturated carbocycles. The maximum atomic E-state index is 5.79. The molecule has 0 radical (unpaired) electrons. The average Bonchev–Trinajstić information content (AvgIpc) is 2.42. The minimum Gasteiger partial charge on any atom is -0.381 e. The highest BCUT2D eigenvalue weighted by atomic mass is 79.9.